The van der Waals surface area contributed by atoms with Gasteiger partial charge in [-0.05, 0) is 18.6 Å². The molecule has 1 aromatic heterocycles. The van der Waals surface area contributed by atoms with Crippen LogP contribution < -0.4 is 0 Å². The molecule has 0 aliphatic carbocycles. The van der Waals surface area contributed by atoms with Crippen LogP contribution in [-0.2, 0) is 10.5 Å². The first kappa shape index (κ1) is 14.1. The summed E-state index contributed by atoms with van der Waals surface area (Å²) in [5.74, 6) is -0.291. The van der Waals surface area contributed by atoms with E-state index in [1.54, 1.807) is 19.1 Å². The highest BCUT2D eigenvalue weighted by molar-refractivity contribution is 7.98. The molecule has 0 N–H and O–H groups in total. The lowest BCUT2D eigenvalue weighted by Gasteiger charge is -2.00. The third-order valence-corrected chi connectivity index (χ3v) is 3.21. The number of ether oxygens (including phenoxy) is 1. The Hall–Kier alpha value is -2.33. The molecule has 0 aliphatic rings. The number of aromatic nitrogens is 2. The Labute approximate surface area is 119 Å². The number of hydrogen-bond acceptors (Lipinski definition) is 7. The molecule has 0 saturated heterocycles. The second-order valence-electron chi connectivity index (χ2n) is 3.65. The highest BCUT2D eigenvalue weighted by Crippen LogP contribution is 2.23. The minimum Gasteiger partial charge on any atom is -0.459 e. The largest absolute Gasteiger partial charge is 0.459 e. The van der Waals surface area contributed by atoms with Crippen molar-refractivity contribution >= 4 is 17.7 Å². The summed E-state index contributed by atoms with van der Waals surface area (Å²) >= 11 is 1.26. The zero-order valence-corrected chi connectivity index (χ0v) is 11.5. The Morgan fingerprint density at radius 1 is 1.45 bits per heavy atom. The van der Waals surface area contributed by atoms with Gasteiger partial charge in [-0.1, -0.05) is 35.1 Å². The molecular formula is C13H11N3O3S. The number of nitrogens with zero attached hydrogens (tertiary/aromatic N) is 3. The van der Waals surface area contributed by atoms with E-state index in [1.165, 1.54) is 11.8 Å². The average Bonchev–Trinajstić information content (AvgIpc) is 2.94. The maximum absolute atomic E-state index is 11.4. The van der Waals surface area contributed by atoms with Crippen LogP contribution in [0, 0.1) is 11.3 Å². The van der Waals surface area contributed by atoms with Crippen molar-refractivity contribution in [3.05, 3.63) is 41.3 Å². The van der Waals surface area contributed by atoms with E-state index >= 15 is 0 Å². The maximum atomic E-state index is 11.4. The summed E-state index contributed by atoms with van der Waals surface area (Å²) in [6.45, 7) is 1.95. The molecule has 0 fully saturated rings. The Morgan fingerprint density at radius 2 is 2.25 bits per heavy atom. The first-order chi connectivity index (χ1) is 9.74. The van der Waals surface area contributed by atoms with Gasteiger partial charge in [0.25, 0.3) is 5.22 Å². The molecule has 1 aromatic carbocycles. The van der Waals surface area contributed by atoms with Crippen LogP contribution in [0.2, 0.25) is 0 Å². The summed E-state index contributed by atoms with van der Waals surface area (Å²) in [5, 5.41) is 16.6. The van der Waals surface area contributed by atoms with E-state index in [-0.39, 0.29) is 17.7 Å². The molecular weight excluding hydrogens is 278 g/mol. The number of rotatable bonds is 5. The third-order valence-electron chi connectivity index (χ3n) is 2.35. The molecule has 102 valence electrons. The molecule has 0 amide bonds. The Kier molecular flexibility index (Phi) is 4.74. The normalized spacial score (nSPS) is 10.0. The number of hydrogen-bond donors (Lipinski definition) is 0. The highest BCUT2D eigenvalue weighted by Gasteiger charge is 2.16. The molecule has 0 atom stereocenters. The number of thioether (sulfide) groups is 1. The van der Waals surface area contributed by atoms with Crippen molar-refractivity contribution in [3.8, 4) is 6.07 Å². The quantitative estimate of drug-likeness (QED) is 0.616. The van der Waals surface area contributed by atoms with Crippen LogP contribution in [0.1, 0.15) is 28.7 Å². The zero-order valence-electron chi connectivity index (χ0n) is 10.7. The predicted octanol–water partition coefficient (Wildman–Crippen LogP) is 2.41. The van der Waals surface area contributed by atoms with E-state index in [9.17, 15) is 4.79 Å². The first-order valence-corrected chi connectivity index (χ1v) is 6.84. The minimum absolute atomic E-state index is 0.164. The summed E-state index contributed by atoms with van der Waals surface area (Å²) in [6.07, 6.45) is 0. The van der Waals surface area contributed by atoms with Crippen LogP contribution in [0.4, 0.5) is 0 Å². The summed E-state index contributed by atoms with van der Waals surface area (Å²) in [5.41, 5.74) is 1.47. The molecule has 6 nitrogen and oxygen atoms in total. The van der Waals surface area contributed by atoms with Gasteiger partial charge in [0.2, 0.25) is 0 Å². The number of esters is 1. The Balaban J connectivity index is 2.01. The van der Waals surface area contributed by atoms with Crippen molar-refractivity contribution < 1.29 is 13.9 Å². The van der Waals surface area contributed by atoms with Crippen molar-refractivity contribution in [2.45, 2.75) is 17.9 Å². The SMILES string of the molecule is CCOC(=O)c1nnc(SCc2ccccc2C#N)o1. The first-order valence-electron chi connectivity index (χ1n) is 5.86. The third kappa shape index (κ3) is 3.36. The molecule has 20 heavy (non-hydrogen) atoms. The van der Waals surface area contributed by atoms with Gasteiger partial charge in [0.1, 0.15) is 0 Å². The topological polar surface area (TPSA) is 89.0 Å². The van der Waals surface area contributed by atoms with Gasteiger partial charge in [0, 0.05) is 5.75 Å². The van der Waals surface area contributed by atoms with Crippen molar-refractivity contribution in [1.82, 2.24) is 10.2 Å². The van der Waals surface area contributed by atoms with Crippen LogP contribution in [0.5, 0.6) is 0 Å². The molecule has 1 heterocycles. The summed E-state index contributed by atoms with van der Waals surface area (Å²) in [6, 6.07) is 9.38. The van der Waals surface area contributed by atoms with Crippen LogP contribution >= 0.6 is 11.8 Å². The van der Waals surface area contributed by atoms with E-state index in [0.29, 0.717) is 11.3 Å². The van der Waals surface area contributed by atoms with Gasteiger partial charge >= 0.3 is 11.9 Å². The van der Waals surface area contributed by atoms with Crippen LogP contribution in [0.3, 0.4) is 0 Å². The fraction of sp³-hybridized carbons (Fsp3) is 0.231. The average molecular weight is 289 g/mol. The fourth-order valence-corrected chi connectivity index (χ4v) is 2.21. The molecule has 0 bridgehead atoms. The Bertz CT molecular complexity index is 648. The summed E-state index contributed by atoms with van der Waals surface area (Å²) in [4.78, 5) is 11.4. The van der Waals surface area contributed by atoms with Crippen molar-refractivity contribution in [2.24, 2.45) is 0 Å². The van der Waals surface area contributed by atoms with Gasteiger partial charge in [0.05, 0.1) is 18.2 Å². The van der Waals surface area contributed by atoms with Gasteiger partial charge in [-0.3, -0.25) is 0 Å². The standard InChI is InChI=1S/C13H11N3O3S/c1-2-18-12(17)11-15-16-13(19-11)20-8-10-6-4-3-5-9(10)7-14/h3-6H,2,8H2,1H3. The van der Waals surface area contributed by atoms with E-state index in [2.05, 4.69) is 16.3 Å². The Morgan fingerprint density at radius 3 is 3.00 bits per heavy atom. The predicted molar refractivity (Wildman–Crippen MR) is 71.0 cm³/mol. The maximum Gasteiger partial charge on any atom is 0.396 e. The van der Waals surface area contributed by atoms with Gasteiger partial charge in [0.15, 0.2) is 0 Å². The van der Waals surface area contributed by atoms with Crippen LogP contribution in [0.25, 0.3) is 0 Å². The second-order valence-corrected chi connectivity index (χ2v) is 4.58. The molecule has 0 unspecified atom stereocenters. The minimum atomic E-state index is -0.635. The summed E-state index contributed by atoms with van der Waals surface area (Å²) < 4.78 is 9.93. The molecule has 7 heteroatoms. The van der Waals surface area contributed by atoms with E-state index in [4.69, 9.17) is 14.4 Å². The smallest absolute Gasteiger partial charge is 0.396 e. The van der Waals surface area contributed by atoms with Crippen molar-refractivity contribution in [2.75, 3.05) is 6.61 Å². The lowest BCUT2D eigenvalue weighted by molar-refractivity contribution is 0.0475. The number of benzene rings is 1. The zero-order chi connectivity index (χ0) is 14.4. The monoisotopic (exact) mass is 289 g/mol. The van der Waals surface area contributed by atoms with Crippen LogP contribution in [0.15, 0.2) is 33.9 Å². The van der Waals surface area contributed by atoms with Gasteiger partial charge in [-0.25, -0.2) is 4.79 Å². The lowest BCUT2D eigenvalue weighted by Crippen LogP contribution is -2.04. The van der Waals surface area contributed by atoms with Crippen molar-refractivity contribution in [3.63, 3.8) is 0 Å². The number of carbonyl (C=O) groups is 1. The van der Waals surface area contributed by atoms with Gasteiger partial charge < -0.3 is 9.15 Å². The van der Waals surface area contributed by atoms with E-state index in [0.717, 1.165) is 5.56 Å². The molecule has 0 saturated carbocycles. The molecule has 2 rings (SSSR count). The van der Waals surface area contributed by atoms with Gasteiger partial charge in [-0.15, -0.1) is 5.10 Å². The molecule has 0 aliphatic heterocycles. The fourth-order valence-electron chi connectivity index (χ4n) is 1.44. The molecule has 0 spiro atoms. The number of carbonyl (C=O) groups excluding carboxylic acids is 1. The summed E-state index contributed by atoms with van der Waals surface area (Å²) in [7, 11) is 0. The lowest BCUT2D eigenvalue weighted by atomic mass is 10.1. The van der Waals surface area contributed by atoms with E-state index in [1.807, 2.05) is 12.1 Å². The van der Waals surface area contributed by atoms with E-state index < -0.39 is 5.97 Å². The van der Waals surface area contributed by atoms with Crippen molar-refractivity contribution in [1.29, 1.82) is 5.26 Å². The molecule has 2 aromatic rings. The highest BCUT2D eigenvalue weighted by atomic mass is 32.2. The van der Waals surface area contributed by atoms with Gasteiger partial charge in [-0.2, -0.15) is 5.26 Å². The molecule has 0 radical (unpaired) electrons. The second kappa shape index (κ2) is 6.73. The number of nitriles is 1. The van der Waals surface area contributed by atoms with Crippen LogP contribution in [-0.4, -0.2) is 22.8 Å².